The highest BCUT2D eigenvalue weighted by molar-refractivity contribution is 5.90. The molecule has 2 fully saturated rings. The lowest BCUT2D eigenvalue weighted by molar-refractivity contribution is -0.355. The van der Waals surface area contributed by atoms with Gasteiger partial charge < -0.3 is 52.8 Å². The maximum absolute atomic E-state index is 13.5. The average molecular weight is 781 g/mol. The molecule has 17 heteroatoms. The van der Waals surface area contributed by atoms with Crippen molar-refractivity contribution in [1.82, 2.24) is 0 Å². The van der Waals surface area contributed by atoms with Gasteiger partial charge in [0, 0.05) is 20.8 Å². The summed E-state index contributed by atoms with van der Waals surface area (Å²) in [5.74, 6) is -5.29. The van der Waals surface area contributed by atoms with Crippen LogP contribution in [0.25, 0.3) is 0 Å². The first-order chi connectivity index (χ1) is 26.8. The van der Waals surface area contributed by atoms with Crippen molar-refractivity contribution in [1.29, 1.82) is 0 Å². The zero-order valence-electron chi connectivity index (χ0n) is 30.4. The van der Waals surface area contributed by atoms with Gasteiger partial charge in [-0.15, -0.1) is 0 Å². The summed E-state index contributed by atoms with van der Waals surface area (Å²) >= 11 is 0. The van der Waals surface area contributed by atoms with Crippen LogP contribution in [0.5, 0.6) is 0 Å². The Morgan fingerprint density at radius 3 is 1.45 bits per heavy atom. The Hall–Kier alpha value is -5.72. The van der Waals surface area contributed by atoms with Crippen molar-refractivity contribution in [3.05, 3.63) is 108 Å². The Morgan fingerprint density at radius 2 is 0.946 bits per heavy atom. The van der Waals surface area contributed by atoms with Crippen LogP contribution in [0.2, 0.25) is 0 Å². The first-order valence-electron chi connectivity index (χ1n) is 17.4. The van der Waals surface area contributed by atoms with E-state index in [2.05, 4.69) is 0 Å². The summed E-state index contributed by atoms with van der Waals surface area (Å²) in [5.41, 5.74) is 0.278. The quantitative estimate of drug-likeness (QED) is 0.187. The van der Waals surface area contributed by atoms with Crippen molar-refractivity contribution in [3.8, 4) is 0 Å². The van der Waals surface area contributed by atoms with E-state index >= 15 is 0 Å². The minimum Gasteiger partial charge on any atom is -0.463 e. The Balaban J connectivity index is 1.55. The highest BCUT2D eigenvalue weighted by Crippen LogP contribution is 2.34. The maximum Gasteiger partial charge on any atom is 0.338 e. The summed E-state index contributed by atoms with van der Waals surface area (Å²) < 4.78 is 50.9. The number of hydrogen-bond acceptors (Lipinski definition) is 17. The molecule has 0 amide bonds. The summed E-state index contributed by atoms with van der Waals surface area (Å²) in [6.07, 6.45) is -17.5. The summed E-state index contributed by atoms with van der Waals surface area (Å²) in [6, 6.07) is 23.2. The molecule has 2 heterocycles. The molecule has 0 saturated carbocycles. The molecule has 10 atom stereocenters. The summed E-state index contributed by atoms with van der Waals surface area (Å²) in [4.78, 5) is 76.3. The van der Waals surface area contributed by atoms with E-state index < -0.39 is 110 Å². The number of carbonyl (C=O) groups is 6. The van der Waals surface area contributed by atoms with E-state index in [1.54, 1.807) is 54.6 Å². The SMILES string of the molecule is CC(=O)OC[C@H]1O[C@@H](O)[C@H](OC(C)=O)[C@@H](O[C@@H]2O[C@H](COC(=O)c3ccccc3)[C@@H](OC(=O)c3ccccc3)[C@H](O)[C@H]2OC(=O)c2ccccc2)[C@@H]1OC(C)=O. The Bertz CT molecular complexity index is 1820. The molecule has 0 bridgehead atoms. The molecule has 3 aromatic carbocycles. The molecule has 0 aromatic heterocycles. The molecule has 2 aliphatic rings. The number of aliphatic hydroxyl groups excluding tert-OH is 2. The second-order valence-corrected chi connectivity index (χ2v) is 12.6. The van der Waals surface area contributed by atoms with E-state index in [1.807, 2.05) is 0 Å². The molecular formula is C39H40O17. The largest absolute Gasteiger partial charge is 0.463 e. The van der Waals surface area contributed by atoms with E-state index in [1.165, 1.54) is 36.4 Å². The highest BCUT2D eigenvalue weighted by atomic mass is 16.8. The van der Waals surface area contributed by atoms with Gasteiger partial charge >= 0.3 is 35.8 Å². The minimum atomic E-state index is -1.98. The summed E-state index contributed by atoms with van der Waals surface area (Å²) in [7, 11) is 0. The van der Waals surface area contributed by atoms with Crippen molar-refractivity contribution in [2.24, 2.45) is 0 Å². The molecular weight excluding hydrogens is 740 g/mol. The van der Waals surface area contributed by atoms with Gasteiger partial charge in [0.05, 0.1) is 16.7 Å². The van der Waals surface area contributed by atoms with E-state index in [0.717, 1.165) is 20.8 Å². The second-order valence-electron chi connectivity index (χ2n) is 12.6. The molecule has 298 valence electrons. The maximum atomic E-state index is 13.5. The van der Waals surface area contributed by atoms with Crippen molar-refractivity contribution in [2.75, 3.05) is 13.2 Å². The molecule has 0 aliphatic carbocycles. The lowest BCUT2D eigenvalue weighted by Crippen LogP contribution is -2.66. The number of rotatable bonds is 13. The first kappa shape index (κ1) is 41.4. The Morgan fingerprint density at radius 1 is 0.500 bits per heavy atom. The predicted molar refractivity (Wildman–Crippen MR) is 186 cm³/mol. The number of benzene rings is 3. The van der Waals surface area contributed by atoms with Crippen LogP contribution in [0, 0.1) is 0 Å². The fourth-order valence-electron chi connectivity index (χ4n) is 5.95. The van der Waals surface area contributed by atoms with Crippen LogP contribution in [0.3, 0.4) is 0 Å². The molecule has 3 aromatic rings. The first-order valence-corrected chi connectivity index (χ1v) is 17.4. The zero-order valence-corrected chi connectivity index (χ0v) is 30.4. The normalized spacial score (nSPS) is 27.2. The van der Waals surface area contributed by atoms with E-state index in [0.29, 0.717) is 0 Å². The highest BCUT2D eigenvalue weighted by Gasteiger charge is 2.56. The zero-order chi connectivity index (χ0) is 40.4. The van der Waals surface area contributed by atoms with Gasteiger partial charge in [-0.05, 0) is 36.4 Å². The van der Waals surface area contributed by atoms with Gasteiger partial charge in [0.2, 0.25) is 0 Å². The van der Waals surface area contributed by atoms with Gasteiger partial charge in [-0.1, -0.05) is 54.6 Å². The van der Waals surface area contributed by atoms with Gasteiger partial charge in [0.25, 0.3) is 0 Å². The summed E-state index contributed by atoms with van der Waals surface area (Å²) in [5, 5.41) is 23.0. The van der Waals surface area contributed by atoms with Crippen molar-refractivity contribution in [2.45, 2.75) is 82.2 Å². The topological polar surface area (TPSA) is 226 Å². The fourth-order valence-corrected chi connectivity index (χ4v) is 5.95. The number of carbonyl (C=O) groups excluding carboxylic acids is 6. The number of aliphatic hydroxyl groups is 2. The van der Waals surface area contributed by atoms with Gasteiger partial charge in [-0.2, -0.15) is 0 Å². The van der Waals surface area contributed by atoms with Crippen LogP contribution in [0.4, 0.5) is 0 Å². The Kier molecular flexibility index (Phi) is 14.2. The minimum absolute atomic E-state index is 0.0358. The van der Waals surface area contributed by atoms with Crippen LogP contribution in [0.1, 0.15) is 51.8 Å². The van der Waals surface area contributed by atoms with Crippen LogP contribution in [-0.2, 0) is 57.0 Å². The molecule has 0 unspecified atom stereocenters. The molecule has 2 aliphatic heterocycles. The van der Waals surface area contributed by atoms with Gasteiger partial charge in [-0.25, -0.2) is 14.4 Å². The molecule has 2 N–H and O–H groups in total. The third-order valence-electron chi connectivity index (χ3n) is 8.47. The predicted octanol–water partition coefficient (Wildman–Crippen LogP) is 1.91. The standard InChI is InChI=1S/C39H40O17/c1-21(40)48-19-28-31(50-22(2)41)33(34(38(47)52-28)51-23(3)42)56-39-32(55-37(46)26-17-11-6-12-18-26)29(43)30(54-36(45)25-15-9-5-10-16-25)27(53-39)20-49-35(44)24-13-7-4-8-14-24/h4-18,27-34,38-39,43,47H,19-20H2,1-3H3/t27-,28-,29+,30-,31-,32-,33+,34-,38-,39+/m1/s1. The van der Waals surface area contributed by atoms with Crippen LogP contribution < -0.4 is 0 Å². The van der Waals surface area contributed by atoms with E-state index in [4.69, 9.17) is 42.6 Å². The number of esters is 6. The second kappa shape index (κ2) is 19.2. The van der Waals surface area contributed by atoms with Crippen LogP contribution in [0.15, 0.2) is 91.0 Å². The third kappa shape index (κ3) is 10.7. The molecule has 0 radical (unpaired) electrons. The Labute approximate surface area is 320 Å². The van der Waals surface area contributed by atoms with Crippen LogP contribution >= 0.6 is 0 Å². The van der Waals surface area contributed by atoms with Crippen molar-refractivity contribution in [3.63, 3.8) is 0 Å². The molecule has 17 nitrogen and oxygen atoms in total. The molecule has 0 spiro atoms. The molecule has 2 saturated heterocycles. The average Bonchev–Trinajstić information content (AvgIpc) is 3.18. The third-order valence-corrected chi connectivity index (χ3v) is 8.47. The van der Waals surface area contributed by atoms with Crippen molar-refractivity contribution < 1.29 is 81.6 Å². The fraction of sp³-hybridized carbons (Fsp3) is 0.385. The van der Waals surface area contributed by atoms with Gasteiger partial charge in [-0.3, -0.25) is 14.4 Å². The van der Waals surface area contributed by atoms with Gasteiger partial charge in [0.15, 0.2) is 37.0 Å². The van der Waals surface area contributed by atoms with Gasteiger partial charge in [0.1, 0.15) is 37.6 Å². The number of ether oxygens (including phenoxy) is 9. The van der Waals surface area contributed by atoms with E-state index in [9.17, 15) is 39.0 Å². The number of hydrogen-bond donors (Lipinski definition) is 2. The van der Waals surface area contributed by atoms with Crippen molar-refractivity contribution >= 4 is 35.8 Å². The van der Waals surface area contributed by atoms with Crippen LogP contribution in [-0.4, -0.2) is 121 Å². The smallest absolute Gasteiger partial charge is 0.338 e. The molecule has 5 rings (SSSR count). The summed E-state index contributed by atoms with van der Waals surface area (Å²) in [6.45, 7) is 1.92. The lowest BCUT2D eigenvalue weighted by Gasteiger charge is -2.47. The molecule has 56 heavy (non-hydrogen) atoms. The van der Waals surface area contributed by atoms with E-state index in [-0.39, 0.29) is 16.7 Å². The lowest BCUT2D eigenvalue weighted by atomic mass is 9.96. The monoisotopic (exact) mass is 780 g/mol.